The molecular formula is C13H28N2O. The second-order valence-electron chi connectivity index (χ2n) is 5.61. The zero-order valence-corrected chi connectivity index (χ0v) is 12.0. The van der Waals surface area contributed by atoms with Gasteiger partial charge in [0.2, 0.25) is 0 Å². The highest BCUT2D eigenvalue weighted by Crippen LogP contribution is 2.19. The van der Waals surface area contributed by atoms with Crippen molar-refractivity contribution in [1.82, 2.24) is 9.80 Å². The SMILES string of the molecule is CCN(CC(C)(C)C(C)=O)C(C)CN(C)C. The monoisotopic (exact) mass is 228 g/mol. The standard InChI is InChI=1S/C13H28N2O/c1-8-15(11(2)9-14(6)7)10-13(4,5)12(3)16/h11H,8-10H2,1-7H3. The van der Waals surface area contributed by atoms with Gasteiger partial charge in [0, 0.05) is 24.5 Å². The summed E-state index contributed by atoms with van der Waals surface area (Å²) in [6.07, 6.45) is 0. The first-order valence-electron chi connectivity index (χ1n) is 6.10. The van der Waals surface area contributed by atoms with Gasteiger partial charge in [0.25, 0.3) is 0 Å². The minimum Gasteiger partial charge on any atom is -0.308 e. The maximum absolute atomic E-state index is 11.5. The van der Waals surface area contributed by atoms with Gasteiger partial charge in [-0.2, -0.15) is 0 Å². The number of ketones is 1. The van der Waals surface area contributed by atoms with Crippen LogP contribution in [0.1, 0.15) is 34.6 Å². The van der Waals surface area contributed by atoms with Crippen LogP contribution >= 0.6 is 0 Å². The van der Waals surface area contributed by atoms with E-state index in [9.17, 15) is 4.79 Å². The molecule has 3 heteroatoms. The van der Waals surface area contributed by atoms with E-state index in [0.717, 1.165) is 19.6 Å². The number of likely N-dealkylation sites (N-methyl/N-ethyl adjacent to an activating group) is 2. The second-order valence-corrected chi connectivity index (χ2v) is 5.61. The Balaban J connectivity index is 4.45. The quantitative estimate of drug-likeness (QED) is 0.664. The summed E-state index contributed by atoms with van der Waals surface area (Å²) < 4.78 is 0. The summed E-state index contributed by atoms with van der Waals surface area (Å²) in [7, 11) is 4.17. The van der Waals surface area contributed by atoms with Crippen molar-refractivity contribution in [3.05, 3.63) is 0 Å². The van der Waals surface area contributed by atoms with Crippen LogP contribution in [0.4, 0.5) is 0 Å². The lowest BCUT2D eigenvalue weighted by atomic mass is 9.88. The van der Waals surface area contributed by atoms with Crippen molar-refractivity contribution in [2.24, 2.45) is 5.41 Å². The van der Waals surface area contributed by atoms with Crippen molar-refractivity contribution in [2.45, 2.75) is 40.7 Å². The van der Waals surface area contributed by atoms with Crippen LogP contribution in [0, 0.1) is 5.41 Å². The summed E-state index contributed by atoms with van der Waals surface area (Å²) in [4.78, 5) is 16.1. The molecule has 1 atom stereocenters. The number of nitrogens with zero attached hydrogens (tertiary/aromatic N) is 2. The zero-order chi connectivity index (χ0) is 12.9. The highest BCUT2D eigenvalue weighted by atomic mass is 16.1. The fourth-order valence-electron chi connectivity index (χ4n) is 1.84. The lowest BCUT2D eigenvalue weighted by Crippen LogP contribution is -2.46. The zero-order valence-electron chi connectivity index (χ0n) is 12.0. The molecule has 1 unspecified atom stereocenters. The van der Waals surface area contributed by atoms with E-state index >= 15 is 0 Å². The van der Waals surface area contributed by atoms with Gasteiger partial charge in [0.1, 0.15) is 5.78 Å². The van der Waals surface area contributed by atoms with Crippen LogP contribution in [0.3, 0.4) is 0 Å². The summed E-state index contributed by atoms with van der Waals surface area (Å²) in [5, 5.41) is 0. The first-order chi connectivity index (χ1) is 7.20. The smallest absolute Gasteiger partial charge is 0.136 e. The molecule has 0 aliphatic heterocycles. The average molecular weight is 228 g/mol. The fraction of sp³-hybridized carbons (Fsp3) is 0.923. The second kappa shape index (κ2) is 6.36. The first kappa shape index (κ1) is 15.6. The van der Waals surface area contributed by atoms with Crippen molar-refractivity contribution in [2.75, 3.05) is 33.7 Å². The molecule has 0 aliphatic rings. The third kappa shape index (κ3) is 5.08. The largest absolute Gasteiger partial charge is 0.308 e. The van der Waals surface area contributed by atoms with E-state index in [1.54, 1.807) is 6.92 Å². The summed E-state index contributed by atoms with van der Waals surface area (Å²) in [6.45, 7) is 13.0. The van der Waals surface area contributed by atoms with Gasteiger partial charge in [0.05, 0.1) is 0 Å². The molecule has 0 heterocycles. The van der Waals surface area contributed by atoms with E-state index in [2.05, 4.69) is 37.7 Å². The normalized spacial score (nSPS) is 14.6. The van der Waals surface area contributed by atoms with Gasteiger partial charge >= 0.3 is 0 Å². The molecule has 0 amide bonds. The van der Waals surface area contributed by atoms with E-state index in [4.69, 9.17) is 0 Å². The molecule has 0 N–H and O–H groups in total. The maximum Gasteiger partial charge on any atom is 0.136 e. The van der Waals surface area contributed by atoms with Gasteiger partial charge in [-0.25, -0.2) is 0 Å². The van der Waals surface area contributed by atoms with Crippen LogP contribution in [0.25, 0.3) is 0 Å². The number of Topliss-reactive ketones (excluding diaryl/α,β-unsaturated/α-hetero) is 1. The van der Waals surface area contributed by atoms with Crippen LogP contribution in [-0.4, -0.2) is 55.4 Å². The molecule has 0 rings (SSSR count). The highest BCUT2D eigenvalue weighted by Gasteiger charge is 2.28. The van der Waals surface area contributed by atoms with Crippen molar-refractivity contribution >= 4 is 5.78 Å². The van der Waals surface area contributed by atoms with Crippen LogP contribution in [0.15, 0.2) is 0 Å². The molecule has 0 aromatic heterocycles. The average Bonchev–Trinajstić information content (AvgIpc) is 2.12. The summed E-state index contributed by atoms with van der Waals surface area (Å²) in [6, 6.07) is 0.485. The van der Waals surface area contributed by atoms with Gasteiger partial charge in [-0.3, -0.25) is 9.69 Å². The molecule has 16 heavy (non-hydrogen) atoms. The molecule has 0 aromatic carbocycles. The molecule has 0 bridgehead atoms. The lowest BCUT2D eigenvalue weighted by molar-refractivity contribution is -0.126. The predicted octanol–water partition coefficient (Wildman–Crippen LogP) is 1.87. The van der Waals surface area contributed by atoms with Crippen molar-refractivity contribution in [3.8, 4) is 0 Å². The van der Waals surface area contributed by atoms with E-state index in [-0.39, 0.29) is 11.2 Å². The van der Waals surface area contributed by atoms with Crippen LogP contribution in [0.5, 0.6) is 0 Å². The Kier molecular flexibility index (Phi) is 6.19. The number of carbonyl (C=O) groups is 1. The Morgan fingerprint density at radius 3 is 2.12 bits per heavy atom. The summed E-state index contributed by atoms with van der Waals surface area (Å²) >= 11 is 0. The van der Waals surface area contributed by atoms with Gasteiger partial charge in [-0.1, -0.05) is 20.8 Å². The van der Waals surface area contributed by atoms with Gasteiger partial charge < -0.3 is 4.90 Å². The van der Waals surface area contributed by atoms with E-state index in [0.29, 0.717) is 6.04 Å². The molecule has 0 radical (unpaired) electrons. The lowest BCUT2D eigenvalue weighted by Gasteiger charge is -2.35. The van der Waals surface area contributed by atoms with E-state index < -0.39 is 0 Å². The number of carbonyl (C=O) groups excluding carboxylic acids is 1. The number of hydrogen-bond acceptors (Lipinski definition) is 3. The molecule has 0 saturated carbocycles. The molecular weight excluding hydrogens is 200 g/mol. The predicted molar refractivity (Wildman–Crippen MR) is 69.7 cm³/mol. The number of rotatable bonds is 7. The molecule has 3 nitrogen and oxygen atoms in total. The van der Waals surface area contributed by atoms with Crippen LogP contribution in [-0.2, 0) is 4.79 Å². The Morgan fingerprint density at radius 1 is 1.31 bits per heavy atom. The maximum atomic E-state index is 11.5. The summed E-state index contributed by atoms with van der Waals surface area (Å²) in [5.41, 5.74) is -0.240. The van der Waals surface area contributed by atoms with Crippen LogP contribution < -0.4 is 0 Å². The Hall–Kier alpha value is -0.410. The third-order valence-corrected chi connectivity index (χ3v) is 3.21. The van der Waals surface area contributed by atoms with Crippen molar-refractivity contribution in [1.29, 1.82) is 0 Å². The Bertz CT molecular complexity index is 224. The molecule has 0 aromatic rings. The topological polar surface area (TPSA) is 23.6 Å². The molecule has 0 saturated heterocycles. The molecule has 0 aliphatic carbocycles. The van der Waals surface area contributed by atoms with Gasteiger partial charge in [-0.15, -0.1) is 0 Å². The van der Waals surface area contributed by atoms with Gasteiger partial charge in [0.15, 0.2) is 0 Å². The van der Waals surface area contributed by atoms with Crippen molar-refractivity contribution < 1.29 is 4.79 Å². The van der Waals surface area contributed by atoms with Gasteiger partial charge in [-0.05, 0) is 34.5 Å². The minimum absolute atomic E-state index is 0.240. The third-order valence-electron chi connectivity index (χ3n) is 3.21. The number of hydrogen-bond donors (Lipinski definition) is 0. The van der Waals surface area contributed by atoms with E-state index in [1.165, 1.54) is 0 Å². The molecule has 96 valence electrons. The van der Waals surface area contributed by atoms with Crippen molar-refractivity contribution in [3.63, 3.8) is 0 Å². The minimum atomic E-state index is -0.240. The fourth-order valence-corrected chi connectivity index (χ4v) is 1.84. The molecule has 0 fully saturated rings. The molecule has 0 spiro atoms. The van der Waals surface area contributed by atoms with E-state index in [1.807, 2.05) is 13.8 Å². The Morgan fingerprint density at radius 2 is 1.81 bits per heavy atom. The van der Waals surface area contributed by atoms with Crippen LogP contribution in [0.2, 0.25) is 0 Å². The first-order valence-corrected chi connectivity index (χ1v) is 6.10. The summed E-state index contributed by atoms with van der Waals surface area (Å²) in [5.74, 6) is 0.267. The Labute approximate surface area is 101 Å². The highest BCUT2D eigenvalue weighted by molar-refractivity contribution is 5.81.